The molecule has 9 nitrogen and oxygen atoms in total. The molecule has 0 N–H and O–H groups in total. The maximum atomic E-state index is 14.5. The quantitative estimate of drug-likeness (QED) is 0.428. The number of nitrogens with zero attached hydrogens (tertiary/aromatic N) is 3. The summed E-state index contributed by atoms with van der Waals surface area (Å²) in [6, 6.07) is 14.6. The van der Waals surface area contributed by atoms with Gasteiger partial charge in [-0.25, -0.2) is 4.39 Å². The van der Waals surface area contributed by atoms with Gasteiger partial charge in [-0.2, -0.15) is 0 Å². The highest BCUT2D eigenvalue weighted by Gasteiger charge is 2.45. The molecule has 3 aromatic rings. The van der Waals surface area contributed by atoms with E-state index in [-0.39, 0.29) is 17.6 Å². The lowest BCUT2D eigenvalue weighted by Gasteiger charge is -2.43. The predicted octanol–water partition coefficient (Wildman–Crippen LogP) is 4.12. The maximum Gasteiger partial charge on any atom is 0.254 e. The van der Waals surface area contributed by atoms with Gasteiger partial charge in [-0.05, 0) is 59.7 Å². The SMILES string of the molecule is COc1ccc(C2C(C(=O)N3CCN(c4ccc(F)cc4)CC3)c3cc(OC)c(OC)cc3C(=O)N2C)cc1OC. The van der Waals surface area contributed by atoms with Crippen LogP contribution in [0.3, 0.4) is 0 Å². The van der Waals surface area contributed by atoms with Crippen molar-refractivity contribution in [1.29, 1.82) is 0 Å². The van der Waals surface area contributed by atoms with Crippen LogP contribution in [0.4, 0.5) is 10.1 Å². The van der Waals surface area contributed by atoms with Gasteiger partial charge in [-0.1, -0.05) is 6.07 Å². The summed E-state index contributed by atoms with van der Waals surface area (Å²) in [7, 11) is 7.85. The molecule has 0 aliphatic carbocycles. The number of methoxy groups -OCH3 is 4. The summed E-state index contributed by atoms with van der Waals surface area (Å²) in [4.78, 5) is 33.8. The number of carbonyl (C=O) groups is 2. The predicted molar refractivity (Wildman–Crippen MR) is 152 cm³/mol. The number of hydrogen-bond donors (Lipinski definition) is 0. The number of benzene rings is 3. The van der Waals surface area contributed by atoms with Crippen molar-refractivity contribution in [2.45, 2.75) is 12.0 Å². The number of carbonyl (C=O) groups excluding carboxylic acids is 2. The fourth-order valence-corrected chi connectivity index (χ4v) is 5.80. The van der Waals surface area contributed by atoms with Crippen molar-refractivity contribution in [1.82, 2.24) is 9.80 Å². The number of halogens is 1. The summed E-state index contributed by atoms with van der Waals surface area (Å²) in [6.45, 7) is 2.15. The molecule has 2 amide bonds. The van der Waals surface area contributed by atoms with Gasteiger partial charge < -0.3 is 33.6 Å². The second-order valence-corrected chi connectivity index (χ2v) is 10.0. The van der Waals surface area contributed by atoms with Crippen LogP contribution in [0.5, 0.6) is 23.0 Å². The van der Waals surface area contributed by atoms with Crippen molar-refractivity contribution in [3.63, 3.8) is 0 Å². The summed E-state index contributed by atoms with van der Waals surface area (Å²) in [5.74, 6) is 0.566. The minimum atomic E-state index is -0.719. The van der Waals surface area contributed by atoms with E-state index in [1.165, 1.54) is 26.4 Å². The van der Waals surface area contributed by atoms with Gasteiger partial charge in [0.2, 0.25) is 5.91 Å². The second-order valence-electron chi connectivity index (χ2n) is 10.0. The summed E-state index contributed by atoms with van der Waals surface area (Å²) in [6.07, 6.45) is 0. The minimum absolute atomic E-state index is 0.101. The van der Waals surface area contributed by atoms with Gasteiger partial charge >= 0.3 is 0 Å². The Bertz CT molecular complexity index is 1440. The number of piperazine rings is 1. The third kappa shape index (κ3) is 5.10. The third-order valence-corrected chi connectivity index (χ3v) is 7.97. The van der Waals surface area contributed by atoms with Crippen LogP contribution in [0.15, 0.2) is 54.6 Å². The minimum Gasteiger partial charge on any atom is -0.493 e. The molecule has 2 aliphatic rings. The fraction of sp³-hybridized carbons (Fsp3) is 0.355. The zero-order valence-corrected chi connectivity index (χ0v) is 23.8. The van der Waals surface area contributed by atoms with Crippen molar-refractivity contribution in [3.05, 3.63) is 77.1 Å². The van der Waals surface area contributed by atoms with Gasteiger partial charge in [-0.15, -0.1) is 0 Å². The monoisotopic (exact) mass is 563 g/mol. The van der Waals surface area contributed by atoms with E-state index in [9.17, 15) is 14.0 Å². The number of hydrogen-bond acceptors (Lipinski definition) is 7. The molecule has 0 spiro atoms. The molecule has 3 aromatic carbocycles. The molecular formula is C31H34FN3O6. The Hall–Kier alpha value is -4.47. The topological polar surface area (TPSA) is 80.8 Å². The van der Waals surface area contributed by atoms with Crippen LogP contribution in [-0.2, 0) is 4.79 Å². The zero-order chi connectivity index (χ0) is 29.3. The zero-order valence-electron chi connectivity index (χ0n) is 23.8. The molecular weight excluding hydrogens is 529 g/mol. The van der Waals surface area contributed by atoms with E-state index in [0.29, 0.717) is 60.3 Å². The molecule has 216 valence electrons. The molecule has 1 saturated heterocycles. The molecule has 2 heterocycles. The number of ether oxygens (including phenoxy) is 4. The summed E-state index contributed by atoms with van der Waals surface area (Å²) >= 11 is 0. The van der Waals surface area contributed by atoms with Crippen molar-refractivity contribution >= 4 is 17.5 Å². The van der Waals surface area contributed by atoms with Crippen molar-refractivity contribution in [2.24, 2.45) is 0 Å². The average Bonchev–Trinajstić information content (AvgIpc) is 3.01. The molecule has 2 aliphatic heterocycles. The maximum absolute atomic E-state index is 14.5. The number of anilines is 1. The lowest BCUT2D eigenvalue weighted by molar-refractivity contribution is -0.134. The highest BCUT2D eigenvalue weighted by atomic mass is 19.1. The van der Waals surface area contributed by atoms with E-state index in [4.69, 9.17) is 18.9 Å². The Balaban J connectivity index is 1.55. The van der Waals surface area contributed by atoms with Gasteiger partial charge in [0.1, 0.15) is 5.82 Å². The first-order valence-corrected chi connectivity index (χ1v) is 13.4. The molecule has 0 radical (unpaired) electrons. The fourth-order valence-electron chi connectivity index (χ4n) is 5.80. The first-order valence-electron chi connectivity index (χ1n) is 13.4. The van der Waals surface area contributed by atoms with Gasteiger partial charge in [0.25, 0.3) is 5.91 Å². The number of fused-ring (bicyclic) bond motifs is 1. The summed E-state index contributed by atoms with van der Waals surface area (Å²) < 4.78 is 35.5. The van der Waals surface area contributed by atoms with E-state index in [1.54, 1.807) is 56.5 Å². The Kier molecular flexibility index (Phi) is 7.92. The van der Waals surface area contributed by atoms with Gasteiger partial charge in [0, 0.05) is 44.5 Å². The highest BCUT2D eigenvalue weighted by molar-refractivity contribution is 6.02. The van der Waals surface area contributed by atoms with E-state index in [1.807, 2.05) is 17.0 Å². The Labute approximate surface area is 239 Å². The third-order valence-electron chi connectivity index (χ3n) is 7.97. The largest absolute Gasteiger partial charge is 0.493 e. The highest BCUT2D eigenvalue weighted by Crippen LogP contribution is 2.47. The number of amides is 2. The van der Waals surface area contributed by atoms with E-state index in [2.05, 4.69) is 4.90 Å². The first kappa shape index (κ1) is 28.1. The lowest BCUT2D eigenvalue weighted by atomic mass is 9.78. The van der Waals surface area contributed by atoms with Gasteiger partial charge in [0.05, 0.1) is 40.4 Å². The van der Waals surface area contributed by atoms with Crippen LogP contribution in [0.2, 0.25) is 0 Å². The lowest BCUT2D eigenvalue weighted by Crippen LogP contribution is -2.53. The normalized spacial score (nSPS) is 18.6. The Morgan fingerprint density at radius 2 is 1.37 bits per heavy atom. The summed E-state index contributed by atoms with van der Waals surface area (Å²) in [5.41, 5.74) is 2.62. The van der Waals surface area contributed by atoms with Crippen molar-refractivity contribution < 1.29 is 32.9 Å². The van der Waals surface area contributed by atoms with Crippen LogP contribution in [0.25, 0.3) is 0 Å². The number of likely N-dealkylation sites (N-methyl/N-ethyl adjacent to an activating group) is 1. The molecule has 1 fully saturated rings. The molecule has 0 aromatic heterocycles. The summed E-state index contributed by atoms with van der Waals surface area (Å²) in [5, 5.41) is 0. The van der Waals surface area contributed by atoms with Crippen LogP contribution in [-0.4, -0.2) is 83.3 Å². The molecule has 2 unspecified atom stereocenters. The van der Waals surface area contributed by atoms with Gasteiger partial charge in [0.15, 0.2) is 23.0 Å². The molecule has 0 saturated carbocycles. The smallest absolute Gasteiger partial charge is 0.254 e. The van der Waals surface area contributed by atoms with E-state index >= 15 is 0 Å². The Morgan fingerprint density at radius 1 is 0.780 bits per heavy atom. The van der Waals surface area contributed by atoms with Crippen LogP contribution in [0.1, 0.15) is 33.4 Å². The molecule has 0 bridgehead atoms. The molecule has 5 rings (SSSR count). The molecule has 2 atom stereocenters. The van der Waals surface area contributed by atoms with Crippen molar-refractivity contribution in [2.75, 3.05) is 66.6 Å². The standard InChI is InChI=1S/C31H34FN3O6/c1-33-29(19-6-11-24(38-2)25(16-19)39-3)28(22-17-26(40-4)27(41-5)18-23(22)30(33)36)31(37)35-14-12-34(13-15-35)21-9-7-20(32)8-10-21/h6-11,16-18,28-29H,12-15H2,1-5H3. The van der Waals surface area contributed by atoms with Crippen LogP contribution >= 0.6 is 0 Å². The average molecular weight is 564 g/mol. The Morgan fingerprint density at radius 3 is 1.98 bits per heavy atom. The van der Waals surface area contributed by atoms with E-state index < -0.39 is 12.0 Å². The van der Waals surface area contributed by atoms with Crippen LogP contribution < -0.4 is 23.8 Å². The van der Waals surface area contributed by atoms with Crippen LogP contribution in [0, 0.1) is 5.82 Å². The molecule has 10 heteroatoms. The molecule has 41 heavy (non-hydrogen) atoms. The number of rotatable bonds is 7. The van der Waals surface area contributed by atoms with Gasteiger partial charge in [-0.3, -0.25) is 9.59 Å². The van der Waals surface area contributed by atoms with Crippen molar-refractivity contribution in [3.8, 4) is 23.0 Å². The van der Waals surface area contributed by atoms with E-state index in [0.717, 1.165) is 11.3 Å². The second kappa shape index (κ2) is 11.6. The first-order chi connectivity index (χ1) is 19.8.